The summed E-state index contributed by atoms with van der Waals surface area (Å²) < 4.78 is 0. The molecule has 1 atom stereocenters. The van der Waals surface area contributed by atoms with Gasteiger partial charge in [-0.15, -0.1) is 6.42 Å². The third-order valence-corrected chi connectivity index (χ3v) is 2.95. The average Bonchev–Trinajstić information content (AvgIpc) is 2.40. The van der Waals surface area contributed by atoms with Crippen LogP contribution in [0.2, 0.25) is 0 Å². The molecule has 3 nitrogen and oxygen atoms in total. The molecule has 0 bridgehead atoms. The van der Waals surface area contributed by atoms with E-state index in [1.54, 1.807) is 0 Å². The minimum absolute atomic E-state index is 0.0972. The third-order valence-electron chi connectivity index (χ3n) is 2.95. The standard InChI is InChI=1S/C11H17NO2/c1-4-7-12-11(9(13)14)6-5-10(2,3)8-11/h1,12H,5-8H2,2-3H3,(H,13,14). The van der Waals surface area contributed by atoms with E-state index in [-0.39, 0.29) is 5.41 Å². The Balaban J connectivity index is 2.76. The van der Waals surface area contributed by atoms with Crippen LogP contribution in [0.1, 0.15) is 33.1 Å². The van der Waals surface area contributed by atoms with Crippen LogP contribution in [0, 0.1) is 17.8 Å². The Kier molecular flexibility index (Phi) is 2.86. The van der Waals surface area contributed by atoms with Crippen LogP contribution in [0.3, 0.4) is 0 Å². The molecule has 0 aromatic carbocycles. The van der Waals surface area contributed by atoms with E-state index in [0.29, 0.717) is 19.4 Å². The van der Waals surface area contributed by atoms with Crippen LogP contribution in [-0.4, -0.2) is 23.2 Å². The molecule has 1 aliphatic rings. The van der Waals surface area contributed by atoms with Crippen LogP contribution in [0.4, 0.5) is 0 Å². The zero-order chi connectivity index (χ0) is 10.8. The molecule has 1 unspecified atom stereocenters. The SMILES string of the molecule is C#CCNC1(C(=O)O)CCC(C)(C)C1. The fourth-order valence-corrected chi connectivity index (χ4v) is 2.17. The van der Waals surface area contributed by atoms with Crippen molar-refractivity contribution in [3.63, 3.8) is 0 Å². The van der Waals surface area contributed by atoms with Gasteiger partial charge in [0.05, 0.1) is 6.54 Å². The average molecular weight is 195 g/mol. The van der Waals surface area contributed by atoms with Gasteiger partial charge in [0.25, 0.3) is 0 Å². The highest BCUT2D eigenvalue weighted by molar-refractivity contribution is 5.79. The van der Waals surface area contributed by atoms with Gasteiger partial charge in [-0.3, -0.25) is 10.1 Å². The first-order valence-electron chi connectivity index (χ1n) is 4.84. The lowest BCUT2D eigenvalue weighted by atomic mass is 9.87. The number of carbonyl (C=O) groups is 1. The number of nitrogens with one attached hydrogen (secondary N) is 1. The lowest BCUT2D eigenvalue weighted by molar-refractivity contribution is -0.144. The Morgan fingerprint density at radius 2 is 2.21 bits per heavy atom. The van der Waals surface area contributed by atoms with Crippen molar-refractivity contribution in [3.05, 3.63) is 0 Å². The second-order valence-electron chi connectivity index (χ2n) is 4.79. The van der Waals surface area contributed by atoms with Gasteiger partial charge in [-0.05, 0) is 24.7 Å². The van der Waals surface area contributed by atoms with Crippen molar-refractivity contribution in [3.8, 4) is 12.3 Å². The summed E-state index contributed by atoms with van der Waals surface area (Å²) in [6, 6.07) is 0. The smallest absolute Gasteiger partial charge is 0.323 e. The van der Waals surface area contributed by atoms with Crippen molar-refractivity contribution in [2.24, 2.45) is 5.41 Å². The van der Waals surface area contributed by atoms with E-state index in [0.717, 1.165) is 6.42 Å². The summed E-state index contributed by atoms with van der Waals surface area (Å²) in [5.41, 5.74) is -0.699. The Hall–Kier alpha value is -1.01. The van der Waals surface area contributed by atoms with Gasteiger partial charge in [0.1, 0.15) is 5.54 Å². The highest BCUT2D eigenvalue weighted by Gasteiger charge is 2.48. The van der Waals surface area contributed by atoms with E-state index in [9.17, 15) is 9.90 Å². The maximum absolute atomic E-state index is 11.2. The molecule has 0 heterocycles. The van der Waals surface area contributed by atoms with E-state index in [2.05, 4.69) is 25.1 Å². The number of terminal acetylenes is 1. The highest BCUT2D eigenvalue weighted by atomic mass is 16.4. The summed E-state index contributed by atoms with van der Waals surface area (Å²) >= 11 is 0. The van der Waals surface area contributed by atoms with E-state index >= 15 is 0 Å². The lowest BCUT2D eigenvalue weighted by Gasteiger charge is -2.26. The minimum atomic E-state index is -0.796. The number of hydrogen-bond acceptors (Lipinski definition) is 2. The molecule has 0 aromatic rings. The molecule has 0 aliphatic heterocycles. The van der Waals surface area contributed by atoms with Crippen molar-refractivity contribution in [1.29, 1.82) is 0 Å². The largest absolute Gasteiger partial charge is 0.480 e. The van der Waals surface area contributed by atoms with Gasteiger partial charge >= 0.3 is 5.97 Å². The topological polar surface area (TPSA) is 49.3 Å². The zero-order valence-corrected chi connectivity index (χ0v) is 8.76. The summed E-state index contributed by atoms with van der Waals surface area (Å²) in [6.07, 6.45) is 7.37. The predicted octanol–water partition coefficient (Wildman–Crippen LogP) is 1.24. The summed E-state index contributed by atoms with van der Waals surface area (Å²) in [4.78, 5) is 11.2. The number of rotatable bonds is 3. The molecule has 3 heteroatoms. The molecule has 1 fully saturated rings. The third kappa shape index (κ3) is 2.08. The second-order valence-corrected chi connectivity index (χ2v) is 4.79. The number of carboxylic acid groups (broad SMARTS) is 1. The summed E-state index contributed by atoms with van der Waals surface area (Å²) in [5, 5.41) is 12.2. The molecule has 78 valence electrons. The molecule has 0 aromatic heterocycles. The van der Waals surface area contributed by atoms with Gasteiger partial charge in [-0.25, -0.2) is 0 Å². The Labute approximate surface area is 84.9 Å². The van der Waals surface area contributed by atoms with Crippen molar-refractivity contribution < 1.29 is 9.90 Å². The quantitative estimate of drug-likeness (QED) is 0.666. The summed E-state index contributed by atoms with van der Waals surface area (Å²) in [5.74, 6) is 1.65. The highest BCUT2D eigenvalue weighted by Crippen LogP contribution is 2.43. The van der Waals surface area contributed by atoms with E-state index in [4.69, 9.17) is 6.42 Å². The van der Waals surface area contributed by atoms with Crippen molar-refractivity contribution in [2.75, 3.05) is 6.54 Å². The first kappa shape index (κ1) is 11.1. The van der Waals surface area contributed by atoms with Gasteiger partial charge in [0, 0.05) is 0 Å². The van der Waals surface area contributed by atoms with Crippen molar-refractivity contribution >= 4 is 5.97 Å². The Morgan fingerprint density at radius 3 is 2.57 bits per heavy atom. The van der Waals surface area contributed by atoms with Gasteiger partial charge in [-0.2, -0.15) is 0 Å². The normalized spacial score (nSPS) is 29.8. The summed E-state index contributed by atoms with van der Waals surface area (Å²) in [7, 11) is 0. The number of aliphatic carboxylic acids is 1. The van der Waals surface area contributed by atoms with E-state index in [1.165, 1.54) is 0 Å². The second kappa shape index (κ2) is 3.62. The fraction of sp³-hybridized carbons (Fsp3) is 0.727. The Bertz CT molecular complexity index is 278. The van der Waals surface area contributed by atoms with Crippen LogP contribution in [-0.2, 0) is 4.79 Å². The molecule has 0 spiro atoms. The molecule has 0 amide bonds. The summed E-state index contributed by atoms with van der Waals surface area (Å²) in [6.45, 7) is 4.51. The van der Waals surface area contributed by atoms with E-state index < -0.39 is 11.5 Å². The number of hydrogen-bond donors (Lipinski definition) is 2. The maximum Gasteiger partial charge on any atom is 0.323 e. The fourth-order valence-electron chi connectivity index (χ4n) is 2.17. The first-order valence-corrected chi connectivity index (χ1v) is 4.84. The molecule has 2 N–H and O–H groups in total. The molecular formula is C11H17NO2. The number of carboxylic acids is 1. The van der Waals surface area contributed by atoms with Gasteiger partial charge in [-0.1, -0.05) is 19.8 Å². The lowest BCUT2D eigenvalue weighted by Crippen LogP contribution is -2.50. The molecule has 1 aliphatic carbocycles. The monoisotopic (exact) mass is 195 g/mol. The van der Waals surface area contributed by atoms with Gasteiger partial charge in [0.2, 0.25) is 0 Å². The van der Waals surface area contributed by atoms with Gasteiger partial charge in [0.15, 0.2) is 0 Å². The van der Waals surface area contributed by atoms with Crippen LogP contribution in [0.5, 0.6) is 0 Å². The van der Waals surface area contributed by atoms with Crippen LogP contribution >= 0.6 is 0 Å². The van der Waals surface area contributed by atoms with Crippen LogP contribution in [0.25, 0.3) is 0 Å². The molecule has 14 heavy (non-hydrogen) atoms. The molecular weight excluding hydrogens is 178 g/mol. The first-order chi connectivity index (χ1) is 6.42. The van der Waals surface area contributed by atoms with Gasteiger partial charge < -0.3 is 5.11 Å². The van der Waals surface area contributed by atoms with Crippen molar-refractivity contribution in [1.82, 2.24) is 5.32 Å². The predicted molar refractivity (Wildman–Crippen MR) is 54.8 cm³/mol. The van der Waals surface area contributed by atoms with Crippen LogP contribution < -0.4 is 5.32 Å². The Morgan fingerprint density at radius 1 is 1.57 bits per heavy atom. The molecule has 1 saturated carbocycles. The maximum atomic E-state index is 11.2. The van der Waals surface area contributed by atoms with E-state index in [1.807, 2.05) is 0 Å². The zero-order valence-electron chi connectivity index (χ0n) is 8.76. The molecule has 0 saturated heterocycles. The molecule has 1 rings (SSSR count). The minimum Gasteiger partial charge on any atom is -0.480 e. The van der Waals surface area contributed by atoms with Crippen LogP contribution in [0.15, 0.2) is 0 Å². The van der Waals surface area contributed by atoms with Crippen molar-refractivity contribution in [2.45, 2.75) is 38.6 Å². The molecule has 0 radical (unpaired) electrons.